The van der Waals surface area contributed by atoms with Gasteiger partial charge < -0.3 is 4.74 Å². The van der Waals surface area contributed by atoms with Crippen molar-refractivity contribution in [2.24, 2.45) is 0 Å². The van der Waals surface area contributed by atoms with E-state index in [2.05, 4.69) is 4.74 Å². The molecule has 0 fully saturated rings. The van der Waals surface area contributed by atoms with Crippen molar-refractivity contribution in [3.63, 3.8) is 0 Å². The molecule has 0 aliphatic rings. The van der Waals surface area contributed by atoms with Crippen LogP contribution in [0.15, 0.2) is 0 Å². The fourth-order valence-corrected chi connectivity index (χ4v) is 1.19. The lowest BCUT2D eigenvalue weighted by Gasteiger charge is -2.20. The summed E-state index contributed by atoms with van der Waals surface area (Å²) in [5.41, 5.74) is -2.67. The molecule has 1 atom stereocenters. The Bertz CT molecular complexity index is 231. The Kier molecular flexibility index (Phi) is 6.05. The second-order valence-electron chi connectivity index (χ2n) is 3.09. The molecule has 5 heteroatoms. The fourth-order valence-electron chi connectivity index (χ4n) is 1.19. The third-order valence-corrected chi connectivity index (χ3v) is 2.02. The Morgan fingerprint density at radius 2 is 1.93 bits per heavy atom. The molecule has 1 unspecified atom stereocenters. The highest BCUT2D eigenvalue weighted by molar-refractivity contribution is 6.06. The number of rotatable bonds is 7. The van der Waals surface area contributed by atoms with E-state index < -0.39 is 30.5 Å². The van der Waals surface area contributed by atoms with E-state index in [-0.39, 0.29) is 19.4 Å². The summed E-state index contributed by atoms with van der Waals surface area (Å²) < 4.78 is 30.3. The largest absolute Gasteiger partial charge is 0.463 e. The lowest BCUT2D eigenvalue weighted by Crippen LogP contribution is -2.43. The first-order valence-electron chi connectivity index (χ1n) is 4.98. The van der Waals surface area contributed by atoms with Crippen LogP contribution < -0.4 is 0 Å². The van der Waals surface area contributed by atoms with Crippen LogP contribution in [0.1, 0.15) is 33.1 Å². The zero-order valence-electron chi connectivity index (χ0n) is 9.02. The number of carbonyl (C=O) groups is 2. The smallest absolute Gasteiger partial charge is 0.351 e. The SMILES string of the molecule is CCOC(=O)C(F)(CCCF)C(=O)CC. The number of halogens is 2. The highest BCUT2D eigenvalue weighted by atomic mass is 19.1. The molecular formula is C10H16F2O3. The van der Waals surface area contributed by atoms with E-state index in [0.29, 0.717) is 0 Å². The van der Waals surface area contributed by atoms with Crippen molar-refractivity contribution in [2.45, 2.75) is 38.8 Å². The number of alkyl halides is 2. The molecule has 0 saturated heterocycles. The van der Waals surface area contributed by atoms with Gasteiger partial charge in [0.25, 0.3) is 5.67 Å². The molecule has 0 aliphatic carbocycles. The van der Waals surface area contributed by atoms with Crippen LogP contribution in [-0.4, -0.2) is 30.7 Å². The van der Waals surface area contributed by atoms with Crippen molar-refractivity contribution in [3.8, 4) is 0 Å². The van der Waals surface area contributed by atoms with Crippen molar-refractivity contribution < 1.29 is 23.1 Å². The highest BCUT2D eigenvalue weighted by Crippen LogP contribution is 2.23. The molecule has 0 aliphatic heterocycles. The third kappa shape index (κ3) is 3.57. The third-order valence-electron chi connectivity index (χ3n) is 2.02. The first-order chi connectivity index (χ1) is 7.02. The van der Waals surface area contributed by atoms with Gasteiger partial charge in [0.1, 0.15) is 0 Å². The Balaban J connectivity index is 4.67. The molecule has 0 aromatic heterocycles. The Hall–Kier alpha value is -1.00. The first-order valence-corrected chi connectivity index (χ1v) is 4.98. The van der Waals surface area contributed by atoms with Gasteiger partial charge in [0, 0.05) is 12.8 Å². The molecule has 0 aromatic carbocycles. The highest BCUT2D eigenvalue weighted by Gasteiger charge is 2.45. The van der Waals surface area contributed by atoms with Gasteiger partial charge in [-0.3, -0.25) is 9.18 Å². The quantitative estimate of drug-likeness (QED) is 0.488. The minimum atomic E-state index is -2.67. The van der Waals surface area contributed by atoms with Crippen LogP contribution in [0, 0.1) is 0 Å². The normalized spacial score (nSPS) is 14.4. The summed E-state index contributed by atoms with van der Waals surface area (Å²) in [4.78, 5) is 22.5. The van der Waals surface area contributed by atoms with Gasteiger partial charge in [-0.25, -0.2) is 9.18 Å². The summed E-state index contributed by atoms with van der Waals surface area (Å²) in [5.74, 6) is -2.06. The van der Waals surface area contributed by atoms with Gasteiger partial charge in [-0.2, -0.15) is 0 Å². The molecule has 15 heavy (non-hydrogen) atoms. The molecule has 0 bridgehead atoms. The summed E-state index contributed by atoms with van der Waals surface area (Å²) in [7, 11) is 0. The maximum Gasteiger partial charge on any atom is 0.351 e. The van der Waals surface area contributed by atoms with Crippen LogP contribution in [0.25, 0.3) is 0 Å². The topological polar surface area (TPSA) is 43.4 Å². The zero-order chi connectivity index (χ0) is 11.9. The molecule has 0 spiro atoms. The number of hydrogen-bond donors (Lipinski definition) is 0. The standard InChI is InChI=1S/C10H16F2O3/c1-3-8(13)10(12,6-5-7-11)9(14)15-4-2/h3-7H2,1-2H3. The van der Waals surface area contributed by atoms with Crippen molar-refractivity contribution in [3.05, 3.63) is 0 Å². The number of hydrogen-bond acceptors (Lipinski definition) is 3. The zero-order valence-corrected chi connectivity index (χ0v) is 9.02. The summed E-state index contributed by atoms with van der Waals surface area (Å²) in [5, 5.41) is 0. The van der Waals surface area contributed by atoms with E-state index in [1.54, 1.807) is 0 Å². The monoisotopic (exact) mass is 222 g/mol. The van der Waals surface area contributed by atoms with Gasteiger partial charge in [0.15, 0.2) is 5.78 Å². The second-order valence-corrected chi connectivity index (χ2v) is 3.09. The molecule has 0 amide bonds. The van der Waals surface area contributed by atoms with E-state index >= 15 is 0 Å². The van der Waals surface area contributed by atoms with E-state index in [1.165, 1.54) is 13.8 Å². The Morgan fingerprint density at radius 3 is 2.33 bits per heavy atom. The Labute approximate surface area is 87.8 Å². The average molecular weight is 222 g/mol. The summed E-state index contributed by atoms with van der Waals surface area (Å²) in [6.07, 6.45) is -0.725. The number of ketones is 1. The predicted octanol–water partition coefficient (Wildman–Crippen LogP) is 1.99. The summed E-state index contributed by atoms with van der Waals surface area (Å²) in [6, 6.07) is 0. The molecule has 0 N–H and O–H groups in total. The minimum absolute atomic E-state index is 0.00285. The van der Waals surface area contributed by atoms with Crippen molar-refractivity contribution in [1.82, 2.24) is 0 Å². The van der Waals surface area contributed by atoms with Crippen molar-refractivity contribution in [2.75, 3.05) is 13.3 Å². The van der Waals surface area contributed by atoms with Gasteiger partial charge in [0.05, 0.1) is 13.3 Å². The predicted molar refractivity (Wildman–Crippen MR) is 51.0 cm³/mol. The van der Waals surface area contributed by atoms with Crippen molar-refractivity contribution in [1.29, 1.82) is 0 Å². The lowest BCUT2D eigenvalue weighted by molar-refractivity contribution is -0.163. The number of esters is 1. The summed E-state index contributed by atoms with van der Waals surface area (Å²) in [6.45, 7) is 2.20. The molecule has 3 nitrogen and oxygen atoms in total. The molecule has 0 saturated carbocycles. The van der Waals surface area contributed by atoms with Crippen LogP contribution in [0.2, 0.25) is 0 Å². The van der Waals surface area contributed by atoms with Crippen LogP contribution in [0.3, 0.4) is 0 Å². The minimum Gasteiger partial charge on any atom is -0.463 e. The van der Waals surface area contributed by atoms with Gasteiger partial charge in [-0.15, -0.1) is 0 Å². The maximum atomic E-state index is 14.0. The number of carbonyl (C=O) groups excluding carboxylic acids is 2. The van der Waals surface area contributed by atoms with Crippen LogP contribution in [0.4, 0.5) is 8.78 Å². The number of ether oxygens (including phenoxy) is 1. The van der Waals surface area contributed by atoms with E-state index in [4.69, 9.17) is 0 Å². The van der Waals surface area contributed by atoms with E-state index in [1.807, 2.05) is 0 Å². The molecule has 0 heterocycles. The van der Waals surface area contributed by atoms with Crippen molar-refractivity contribution >= 4 is 11.8 Å². The van der Waals surface area contributed by atoms with E-state index in [9.17, 15) is 18.4 Å². The lowest BCUT2D eigenvalue weighted by atomic mass is 9.93. The van der Waals surface area contributed by atoms with Crippen LogP contribution in [-0.2, 0) is 14.3 Å². The number of Topliss-reactive ketones (excluding diaryl/α,β-unsaturated/α-hetero) is 1. The fraction of sp³-hybridized carbons (Fsp3) is 0.800. The van der Waals surface area contributed by atoms with Gasteiger partial charge in [0.2, 0.25) is 0 Å². The van der Waals surface area contributed by atoms with Crippen LogP contribution >= 0.6 is 0 Å². The molecule has 0 aromatic rings. The molecule has 0 rings (SSSR count). The molecule has 0 radical (unpaired) electrons. The van der Waals surface area contributed by atoms with Crippen LogP contribution in [0.5, 0.6) is 0 Å². The Morgan fingerprint density at radius 1 is 1.33 bits per heavy atom. The maximum absolute atomic E-state index is 14.0. The summed E-state index contributed by atoms with van der Waals surface area (Å²) >= 11 is 0. The first kappa shape index (κ1) is 14.0. The van der Waals surface area contributed by atoms with Gasteiger partial charge in [-0.05, 0) is 13.3 Å². The van der Waals surface area contributed by atoms with Gasteiger partial charge in [-0.1, -0.05) is 6.92 Å². The second kappa shape index (κ2) is 6.48. The van der Waals surface area contributed by atoms with E-state index in [0.717, 1.165) is 0 Å². The average Bonchev–Trinajstić information content (AvgIpc) is 2.24. The molecular weight excluding hydrogens is 206 g/mol. The van der Waals surface area contributed by atoms with Gasteiger partial charge >= 0.3 is 5.97 Å². The molecule has 88 valence electrons.